The van der Waals surface area contributed by atoms with Crippen molar-refractivity contribution >= 4 is 0 Å². The molecule has 0 fully saturated rings. The zero-order valence-electron chi connectivity index (χ0n) is 20.6. The Morgan fingerprint density at radius 1 is 1.11 bits per heavy atom. The highest BCUT2D eigenvalue weighted by Crippen LogP contribution is 2.33. The molecule has 190 valence electrons. The Hall–Kier alpha value is -2.85. The van der Waals surface area contributed by atoms with E-state index in [-0.39, 0.29) is 18.5 Å². The molecule has 1 atom stereocenters. The van der Waals surface area contributed by atoms with Crippen LogP contribution in [-0.4, -0.2) is 65.4 Å². The molecule has 7 nitrogen and oxygen atoms in total. The molecule has 0 radical (unpaired) electrons. The summed E-state index contributed by atoms with van der Waals surface area (Å²) in [5, 5.41) is 15.2. The number of aliphatic hydroxyl groups excluding tert-OH is 1. The van der Waals surface area contributed by atoms with Gasteiger partial charge in [-0.3, -0.25) is 4.90 Å². The molecular weight excluding hydrogens is 456 g/mol. The summed E-state index contributed by atoms with van der Waals surface area (Å²) in [6, 6.07) is 12.5. The number of aryl methyl sites for hydroxylation is 1. The second kappa shape index (κ2) is 12.7. The number of nitrogens with zero attached hydrogens (tertiary/aromatic N) is 3. The first-order valence-corrected chi connectivity index (χ1v) is 11.6. The monoisotopic (exact) mass is 489 g/mol. The molecule has 0 saturated carbocycles. The van der Waals surface area contributed by atoms with E-state index in [1.165, 1.54) is 6.07 Å². The fraction of sp³-hybridized carbons (Fsp3) is 0.423. The second-order valence-electron chi connectivity index (χ2n) is 8.56. The van der Waals surface area contributed by atoms with Crippen molar-refractivity contribution < 1.29 is 28.1 Å². The summed E-state index contributed by atoms with van der Waals surface area (Å²) in [7, 11) is 1.61. The number of aromatic nitrogens is 2. The quantitative estimate of drug-likeness (QED) is 0.382. The van der Waals surface area contributed by atoms with Crippen LogP contribution in [0.5, 0.6) is 11.6 Å². The second-order valence-corrected chi connectivity index (χ2v) is 8.56. The molecule has 3 aromatic rings. The number of rotatable bonds is 13. The molecule has 0 aliphatic heterocycles. The predicted octanol–water partition coefficient (Wildman–Crippen LogP) is 4.49. The van der Waals surface area contributed by atoms with Crippen molar-refractivity contribution in [2.75, 3.05) is 33.4 Å². The van der Waals surface area contributed by atoms with Gasteiger partial charge in [0.25, 0.3) is 0 Å². The Balaban J connectivity index is 1.96. The van der Waals surface area contributed by atoms with E-state index in [2.05, 4.69) is 5.10 Å². The van der Waals surface area contributed by atoms with Crippen LogP contribution in [0.4, 0.5) is 8.78 Å². The van der Waals surface area contributed by atoms with Crippen LogP contribution < -0.4 is 4.74 Å². The molecule has 35 heavy (non-hydrogen) atoms. The Bertz CT molecular complexity index is 1080. The zero-order chi connectivity index (χ0) is 25.4. The average Bonchev–Trinajstić information content (AvgIpc) is 3.13. The van der Waals surface area contributed by atoms with Gasteiger partial charge in [0.2, 0.25) is 5.88 Å². The first-order chi connectivity index (χ1) is 16.8. The molecule has 0 spiro atoms. The largest absolute Gasteiger partial charge is 0.435 e. The third-order valence-corrected chi connectivity index (χ3v) is 5.32. The van der Waals surface area contributed by atoms with Gasteiger partial charge < -0.3 is 19.3 Å². The van der Waals surface area contributed by atoms with Gasteiger partial charge in [0.1, 0.15) is 5.82 Å². The third kappa shape index (κ3) is 7.57. The Morgan fingerprint density at radius 2 is 1.86 bits per heavy atom. The van der Waals surface area contributed by atoms with Crippen molar-refractivity contribution in [2.24, 2.45) is 0 Å². The van der Waals surface area contributed by atoms with Gasteiger partial charge in [-0.05, 0) is 45.0 Å². The van der Waals surface area contributed by atoms with Gasteiger partial charge in [0.15, 0.2) is 11.6 Å². The maximum absolute atomic E-state index is 14.5. The van der Waals surface area contributed by atoms with E-state index in [0.717, 1.165) is 17.8 Å². The van der Waals surface area contributed by atoms with E-state index in [1.54, 1.807) is 11.8 Å². The van der Waals surface area contributed by atoms with Crippen molar-refractivity contribution in [3.63, 3.8) is 0 Å². The van der Waals surface area contributed by atoms with Gasteiger partial charge >= 0.3 is 0 Å². The maximum Gasteiger partial charge on any atom is 0.227 e. The van der Waals surface area contributed by atoms with Crippen LogP contribution >= 0.6 is 0 Å². The first kappa shape index (κ1) is 26.7. The number of aliphatic hydroxyl groups is 1. The van der Waals surface area contributed by atoms with Crippen molar-refractivity contribution in [3.05, 3.63) is 71.4 Å². The molecule has 9 heteroatoms. The summed E-state index contributed by atoms with van der Waals surface area (Å²) >= 11 is 0. The molecule has 0 aliphatic rings. The lowest BCUT2D eigenvalue weighted by Gasteiger charge is -2.25. The number of halogens is 2. The highest BCUT2D eigenvalue weighted by atomic mass is 19.1. The summed E-state index contributed by atoms with van der Waals surface area (Å²) in [5.74, 6) is -1.30. The molecule has 1 N–H and O–H groups in total. The fourth-order valence-electron chi connectivity index (χ4n) is 3.56. The highest BCUT2D eigenvalue weighted by molar-refractivity contribution is 5.43. The summed E-state index contributed by atoms with van der Waals surface area (Å²) in [5.41, 5.74) is 2.13. The standard InChI is InChI=1S/C26H33F2N3O4/c1-18(2)34-17-22(32)15-30(12-13-33-4)16-23-19(3)29-31(21-8-6-5-7-9-21)26(23)35-25-11-10-20(27)14-24(25)28/h5-11,14,18,22,32H,12-13,15-17H2,1-4H3/t22-/m1/s1. The zero-order valence-corrected chi connectivity index (χ0v) is 20.6. The minimum absolute atomic E-state index is 0.00836. The van der Waals surface area contributed by atoms with Crippen molar-refractivity contribution in [3.8, 4) is 17.3 Å². The van der Waals surface area contributed by atoms with Crippen LogP contribution in [0, 0.1) is 18.6 Å². The van der Waals surface area contributed by atoms with E-state index in [0.29, 0.717) is 43.4 Å². The summed E-state index contributed by atoms with van der Waals surface area (Å²) in [6.45, 7) is 7.55. The smallest absolute Gasteiger partial charge is 0.227 e. The molecule has 0 amide bonds. The van der Waals surface area contributed by atoms with Gasteiger partial charge in [-0.2, -0.15) is 5.10 Å². The molecule has 0 unspecified atom stereocenters. The number of hydrogen-bond acceptors (Lipinski definition) is 6. The number of benzene rings is 2. The number of hydrogen-bond donors (Lipinski definition) is 1. The lowest BCUT2D eigenvalue weighted by atomic mass is 10.2. The third-order valence-electron chi connectivity index (χ3n) is 5.32. The van der Waals surface area contributed by atoms with E-state index in [9.17, 15) is 13.9 Å². The van der Waals surface area contributed by atoms with E-state index < -0.39 is 17.7 Å². The Morgan fingerprint density at radius 3 is 2.51 bits per heavy atom. The number of methoxy groups -OCH3 is 1. The average molecular weight is 490 g/mol. The molecule has 3 rings (SSSR count). The molecule has 1 heterocycles. The van der Waals surface area contributed by atoms with Crippen molar-refractivity contribution in [2.45, 2.75) is 39.5 Å². The number of para-hydroxylation sites is 1. The number of ether oxygens (including phenoxy) is 3. The van der Waals surface area contributed by atoms with Crippen LogP contribution in [-0.2, 0) is 16.0 Å². The summed E-state index contributed by atoms with van der Waals surface area (Å²) in [6.07, 6.45) is -0.702. The minimum atomic E-state index is -0.813. The predicted molar refractivity (Wildman–Crippen MR) is 129 cm³/mol. The van der Waals surface area contributed by atoms with Gasteiger partial charge in [0.05, 0.1) is 42.4 Å². The fourth-order valence-corrected chi connectivity index (χ4v) is 3.56. The lowest BCUT2D eigenvalue weighted by molar-refractivity contribution is -0.0122. The van der Waals surface area contributed by atoms with Crippen LogP contribution in [0.25, 0.3) is 5.69 Å². The van der Waals surface area contributed by atoms with E-state index >= 15 is 0 Å². The molecule has 0 aliphatic carbocycles. The molecular formula is C26H33F2N3O4. The van der Waals surface area contributed by atoms with Crippen LogP contribution in [0.15, 0.2) is 48.5 Å². The van der Waals surface area contributed by atoms with Crippen LogP contribution in [0.3, 0.4) is 0 Å². The Labute approximate surface area is 204 Å². The van der Waals surface area contributed by atoms with Gasteiger partial charge in [-0.1, -0.05) is 18.2 Å². The summed E-state index contributed by atoms with van der Waals surface area (Å²) in [4.78, 5) is 2.01. The molecule has 2 aromatic carbocycles. The van der Waals surface area contributed by atoms with Crippen molar-refractivity contribution in [1.82, 2.24) is 14.7 Å². The molecule has 0 saturated heterocycles. The topological polar surface area (TPSA) is 69.0 Å². The van der Waals surface area contributed by atoms with Gasteiger partial charge in [-0.25, -0.2) is 13.5 Å². The molecule has 0 bridgehead atoms. The van der Waals surface area contributed by atoms with E-state index in [4.69, 9.17) is 14.2 Å². The van der Waals surface area contributed by atoms with Gasteiger partial charge in [-0.15, -0.1) is 0 Å². The van der Waals surface area contributed by atoms with Gasteiger partial charge in [0, 0.05) is 32.8 Å². The van der Waals surface area contributed by atoms with E-state index in [1.807, 2.05) is 56.0 Å². The lowest BCUT2D eigenvalue weighted by Crippen LogP contribution is -2.37. The maximum atomic E-state index is 14.5. The van der Waals surface area contributed by atoms with Crippen LogP contribution in [0.2, 0.25) is 0 Å². The normalized spacial score (nSPS) is 12.5. The summed E-state index contributed by atoms with van der Waals surface area (Å²) < 4.78 is 46.4. The SMILES string of the molecule is COCCN(Cc1c(C)nn(-c2ccccc2)c1Oc1ccc(F)cc1F)C[C@@H](O)COC(C)C. The molecule has 1 aromatic heterocycles. The highest BCUT2D eigenvalue weighted by Gasteiger charge is 2.23. The minimum Gasteiger partial charge on any atom is -0.435 e. The first-order valence-electron chi connectivity index (χ1n) is 11.6. The Kier molecular flexibility index (Phi) is 9.73. The van der Waals surface area contributed by atoms with Crippen molar-refractivity contribution in [1.29, 1.82) is 0 Å². The van der Waals surface area contributed by atoms with Crippen LogP contribution in [0.1, 0.15) is 25.1 Å².